The van der Waals surface area contributed by atoms with Crippen LogP contribution in [0.4, 0.5) is 11.4 Å². The molecule has 0 bridgehead atoms. The van der Waals surface area contributed by atoms with Crippen LogP contribution in [0.1, 0.15) is 12.8 Å². The molecule has 0 aromatic carbocycles. The molecule has 2 heterocycles. The normalized spacial score (nSPS) is 16.7. The predicted octanol–water partition coefficient (Wildman–Crippen LogP) is 1.83. The van der Waals surface area contributed by atoms with Gasteiger partial charge in [-0.15, -0.1) is 0 Å². The van der Waals surface area contributed by atoms with Gasteiger partial charge >= 0.3 is 5.69 Å². The van der Waals surface area contributed by atoms with Crippen molar-refractivity contribution in [2.24, 2.45) is 5.92 Å². The molecule has 92 valence electrons. The van der Waals surface area contributed by atoms with Crippen molar-refractivity contribution in [3.8, 4) is 0 Å². The molecular formula is C11H15N3O3. The molecule has 1 N–H and O–H groups in total. The van der Waals surface area contributed by atoms with E-state index in [2.05, 4.69) is 10.3 Å². The molecule has 17 heavy (non-hydrogen) atoms. The van der Waals surface area contributed by atoms with Crippen LogP contribution in [0.15, 0.2) is 18.5 Å². The van der Waals surface area contributed by atoms with Gasteiger partial charge in [-0.05, 0) is 24.8 Å². The van der Waals surface area contributed by atoms with E-state index in [1.807, 2.05) is 0 Å². The van der Waals surface area contributed by atoms with Crippen LogP contribution in [0, 0.1) is 16.0 Å². The molecule has 6 heteroatoms. The predicted molar refractivity (Wildman–Crippen MR) is 62.9 cm³/mol. The van der Waals surface area contributed by atoms with Gasteiger partial charge in [0.15, 0.2) is 0 Å². The summed E-state index contributed by atoms with van der Waals surface area (Å²) in [5.74, 6) is 0.525. The molecular weight excluding hydrogens is 222 g/mol. The number of hydrogen-bond donors (Lipinski definition) is 1. The lowest BCUT2D eigenvalue weighted by Crippen LogP contribution is -2.22. The number of anilines is 1. The summed E-state index contributed by atoms with van der Waals surface area (Å²) in [6.45, 7) is 2.31. The molecule has 1 fully saturated rings. The molecule has 2 rings (SSSR count). The van der Waals surface area contributed by atoms with E-state index < -0.39 is 4.92 Å². The van der Waals surface area contributed by atoms with Crippen molar-refractivity contribution in [3.05, 3.63) is 28.6 Å². The average Bonchev–Trinajstić information content (AvgIpc) is 2.38. The average molecular weight is 237 g/mol. The van der Waals surface area contributed by atoms with Crippen LogP contribution in [0.3, 0.4) is 0 Å². The molecule has 0 amide bonds. The summed E-state index contributed by atoms with van der Waals surface area (Å²) in [7, 11) is 0. The monoisotopic (exact) mass is 237 g/mol. The van der Waals surface area contributed by atoms with E-state index in [4.69, 9.17) is 4.74 Å². The quantitative estimate of drug-likeness (QED) is 0.638. The zero-order valence-corrected chi connectivity index (χ0v) is 9.46. The Hall–Kier alpha value is -1.69. The maximum atomic E-state index is 10.8. The van der Waals surface area contributed by atoms with Crippen LogP contribution >= 0.6 is 0 Å². The summed E-state index contributed by atoms with van der Waals surface area (Å²) in [4.78, 5) is 14.1. The molecule has 1 aliphatic rings. The van der Waals surface area contributed by atoms with Gasteiger partial charge in [0, 0.05) is 26.0 Å². The third-order valence-electron chi connectivity index (χ3n) is 2.92. The van der Waals surface area contributed by atoms with Gasteiger partial charge in [-0.25, -0.2) is 0 Å². The number of nitro groups is 1. The van der Waals surface area contributed by atoms with Crippen LogP contribution in [-0.4, -0.2) is 29.7 Å². The van der Waals surface area contributed by atoms with Gasteiger partial charge in [0.2, 0.25) is 0 Å². The maximum absolute atomic E-state index is 10.8. The second kappa shape index (κ2) is 5.58. The lowest BCUT2D eigenvalue weighted by Gasteiger charge is -2.22. The number of aromatic nitrogens is 1. The SMILES string of the molecule is O=[N+]([O-])c1cnccc1NCC1CCOCC1. The van der Waals surface area contributed by atoms with E-state index in [-0.39, 0.29) is 5.69 Å². The molecule has 0 unspecified atom stereocenters. The summed E-state index contributed by atoms with van der Waals surface area (Å²) in [5.41, 5.74) is 0.566. The van der Waals surface area contributed by atoms with Crippen molar-refractivity contribution in [1.82, 2.24) is 4.98 Å². The summed E-state index contributed by atoms with van der Waals surface area (Å²) >= 11 is 0. The first-order valence-corrected chi connectivity index (χ1v) is 5.67. The molecule has 0 aliphatic carbocycles. The molecule has 1 aliphatic heterocycles. The number of rotatable bonds is 4. The Morgan fingerprint density at radius 3 is 3.00 bits per heavy atom. The second-order valence-electron chi connectivity index (χ2n) is 4.09. The molecule has 1 aromatic heterocycles. The molecule has 0 saturated carbocycles. The minimum absolute atomic E-state index is 0.0274. The Morgan fingerprint density at radius 2 is 2.29 bits per heavy atom. The number of nitrogens with zero attached hydrogens (tertiary/aromatic N) is 2. The van der Waals surface area contributed by atoms with Gasteiger partial charge in [-0.1, -0.05) is 0 Å². The summed E-state index contributed by atoms with van der Waals surface area (Å²) in [6.07, 6.45) is 4.84. The highest BCUT2D eigenvalue weighted by atomic mass is 16.6. The zero-order valence-electron chi connectivity index (χ0n) is 9.46. The van der Waals surface area contributed by atoms with Gasteiger partial charge in [-0.2, -0.15) is 0 Å². The van der Waals surface area contributed by atoms with E-state index in [1.165, 1.54) is 6.20 Å². The summed E-state index contributed by atoms with van der Waals surface area (Å²) in [6, 6.07) is 1.64. The number of ether oxygens (including phenoxy) is 1. The Labute approximate surface area is 99.2 Å². The highest BCUT2D eigenvalue weighted by Crippen LogP contribution is 2.23. The maximum Gasteiger partial charge on any atom is 0.310 e. The number of nitrogens with one attached hydrogen (secondary N) is 1. The van der Waals surface area contributed by atoms with Gasteiger partial charge < -0.3 is 10.1 Å². The lowest BCUT2D eigenvalue weighted by molar-refractivity contribution is -0.384. The van der Waals surface area contributed by atoms with Crippen molar-refractivity contribution < 1.29 is 9.66 Å². The standard InChI is InChI=1S/C11H15N3O3/c15-14(16)11-8-12-4-1-10(11)13-7-9-2-5-17-6-3-9/h1,4,8-9H,2-3,5-7H2,(H,12,13). The first kappa shape index (κ1) is 11.8. The van der Waals surface area contributed by atoms with Gasteiger partial charge in [0.25, 0.3) is 0 Å². The van der Waals surface area contributed by atoms with Crippen LogP contribution in [-0.2, 0) is 4.74 Å². The van der Waals surface area contributed by atoms with Crippen LogP contribution in [0.5, 0.6) is 0 Å². The van der Waals surface area contributed by atoms with Crippen molar-refractivity contribution >= 4 is 11.4 Å². The molecule has 1 saturated heterocycles. The molecule has 6 nitrogen and oxygen atoms in total. The van der Waals surface area contributed by atoms with Crippen LogP contribution in [0.25, 0.3) is 0 Å². The van der Waals surface area contributed by atoms with Gasteiger partial charge in [0.05, 0.1) is 4.92 Å². The largest absolute Gasteiger partial charge is 0.381 e. The third-order valence-corrected chi connectivity index (χ3v) is 2.92. The highest BCUT2D eigenvalue weighted by Gasteiger charge is 2.17. The van der Waals surface area contributed by atoms with Gasteiger partial charge in [-0.3, -0.25) is 15.1 Å². The van der Waals surface area contributed by atoms with E-state index in [0.29, 0.717) is 11.6 Å². The minimum atomic E-state index is -0.417. The highest BCUT2D eigenvalue weighted by molar-refractivity contribution is 5.59. The topological polar surface area (TPSA) is 77.3 Å². The van der Waals surface area contributed by atoms with E-state index in [1.54, 1.807) is 12.3 Å². The summed E-state index contributed by atoms with van der Waals surface area (Å²) in [5, 5.41) is 13.9. The van der Waals surface area contributed by atoms with Crippen molar-refractivity contribution in [2.45, 2.75) is 12.8 Å². The van der Waals surface area contributed by atoms with Crippen molar-refractivity contribution in [3.63, 3.8) is 0 Å². The Morgan fingerprint density at radius 1 is 1.53 bits per heavy atom. The fourth-order valence-corrected chi connectivity index (χ4v) is 1.89. The van der Waals surface area contributed by atoms with E-state index in [9.17, 15) is 10.1 Å². The Kier molecular flexibility index (Phi) is 3.87. The van der Waals surface area contributed by atoms with E-state index >= 15 is 0 Å². The van der Waals surface area contributed by atoms with Crippen molar-refractivity contribution in [1.29, 1.82) is 0 Å². The van der Waals surface area contributed by atoms with Crippen LogP contribution in [0.2, 0.25) is 0 Å². The fourth-order valence-electron chi connectivity index (χ4n) is 1.89. The lowest BCUT2D eigenvalue weighted by atomic mass is 10.0. The third kappa shape index (κ3) is 3.13. The molecule has 1 aromatic rings. The van der Waals surface area contributed by atoms with E-state index in [0.717, 1.165) is 32.6 Å². The first-order valence-electron chi connectivity index (χ1n) is 5.67. The van der Waals surface area contributed by atoms with Crippen molar-refractivity contribution in [2.75, 3.05) is 25.1 Å². The second-order valence-corrected chi connectivity index (χ2v) is 4.09. The fraction of sp³-hybridized carbons (Fsp3) is 0.545. The smallest absolute Gasteiger partial charge is 0.310 e. The summed E-state index contributed by atoms with van der Waals surface area (Å²) < 4.78 is 5.27. The first-order chi connectivity index (χ1) is 8.27. The Bertz CT molecular complexity index is 391. The zero-order chi connectivity index (χ0) is 12.1. The Balaban J connectivity index is 1.96. The van der Waals surface area contributed by atoms with Gasteiger partial charge in [0.1, 0.15) is 11.9 Å². The van der Waals surface area contributed by atoms with Crippen LogP contribution < -0.4 is 5.32 Å². The minimum Gasteiger partial charge on any atom is -0.381 e. The molecule has 0 spiro atoms. The molecule has 0 atom stereocenters. The number of pyridine rings is 1. The number of hydrogen-bond acceptors (Lipinski definition) is 5. The molecule has 0 radical (unpaired) electrons.